The molecular formula is C22H24N8O4. The van der Waals surface area contributed by atoms with E-state index in [0.717, 1.165) is 0 Å². The lowest BCUT2D eigenvalue weighted by Crippen LogP contribution is -2.28. The molecule has 1 atom stereocenters. The van der Waals surface area contributed by atoms with Crippen molar-refractivity contribution in [2.75, 3.05) is 18.9 Å². The predicted molar refractivity (Wildman–Crippen MR) is 119 cm³/mol. The van der Waals surface area contributed by atoms with E-state index in [1.807, 2.05) is 13.8 Å². The fourth-order valence-corrected chi connectivity index (χ4v) is 3.23. The van der Waals surface area contributed by atoms with Crippen LogP contribution >= 0.6 is 0 Å². The number of nitrogens with one attached hydrogen (secondary N) is 2. The molecule has 1 amide bonds. The number of anilines is 1. The summed E-state index contributed by atoms with van der Waals surface area (Å²) in [6.45, 7) is 4.82. The molecule has 3 aromatic rings. The summed E-state index contributed by atoms with van der Waals surface area (Å²) in [4.78, 5) is 31.2. The molecule has 34 heavy (non-hydrogen) atoms. The number of amides is 1. The van der Waals surface area contributed by atoms with Gasteiger partial charge in [-0.25, -0.2) is 15.4 Å². The first-order valence-corrected chi connectivity index (χ1v) is 10.7. The molecule has 0 aliphatic carbocycles. The fourth-order valence-electron chi connectivity index (χ4n) is 3.23. The highest BCUT2D eigenvalue weighted by Crippen LogP contribution is 2.28. The van der Waals surface area contributed by atoms with Gasteiger partial charge in [-0.1, -0.05) is 26.0 Å². The highest BCUT2D eigenvalue weighted by Gasteiger charge is 2.26. The predicted octanol–water partition coefficient (Wildman–Crippen LogP) is 1.87. The first-order valence-electron chi connectivity index (χ1n) is 10.7. The summed E-state index contributed by atoms with van der Waals surface area (Å²) < 4.78 is 11.3. The summed E-state index contributed by atoms with van der Waals surface area (Å²) in [6.07, 6.45) is 0.355. The summed E-state index contributed by atoms with van der Waals surface area (Å²) in [5.41, 5.74) is 9.42. The molecule has 176 valence electrons. The molecule has 1 aromatic carbocycles. The standard InChI is InChI=1S/C22H24N8O4/c1-12(2)19-25-16(28-29-19)11-33-30-21(31)17-18(24)26-20(14-5-3-4-13(8-14)9-23)27-22(17)34-15-6-7-32-10-15/h3-5,8,12,15H,6-7,10-11H2,1-2H3,(H,30,31)(H2,24,26,27)(H,25,28,29)/t15-/m0/s1. The fraction of sp³-hybridized carbons (Fsp3) is 0.364. The van der Waals surface area contributed by atoms with E-state index in [1.54, 1.807) is 24.3 Å². The van der Waals surface area contributed by atoms with Crippen LogP contribution < -0.4 is 16.0 Å². The van der Waals surface area contributed by atoms with E-state index in [1.165, 1.54) is 0 Å². The van der Waals surface area contributed by atoms with Crippen LogP contribution in [0.15, 0.2) is 24.3 Å². The van der Waals surface area contributed by atoms with Gasteiger partial charge >= 0.3 is 0 Å². The minimum Gasteiger partial charge on any atom is -0.471 e. The average molecular weight is 464 g/mol. The van der Waals surface area contributed by atoms with Crippen molar-refractivity contribution in [3.05, 3.63) is 47.0 Å². The molecule has 1 aliphatic heterocycles. The Hall–Kier alpha value is -4.08. The van der Waals surface area contributed by atoms with Crippen LogP contribution in [0.5, 0.6) is 5.88 Å². The maximum Gasteiger partial charge on any atom is 0.284 e. The van der Waals surface area contributed by atoms with Gasteiger partial charge in [0.2, 0.25) is 5.88 Å². The zero-order valence-corrected chi connectivity index (χ0v) is 18.7. The number of aromatic amines is 1. The van der Waals surface area contributed by atoms with Crippen LogP contribution in [-0.4, -0.2) is 50.4 Å². The number of carbonyl (C=O) groups excluding carboxylic acids is 1. The van der Waals surface area contributed by atoms with E-state index in [4.69, 9.17) is 20.0 Å². The van der Waals surface area contributed by atoms with Gasteiger partial charge in [-0.2, -0.15) is 15.3 Å². The lowest BCUT2D eigenvalue weighted by Gasteiger charge is -2.16. The van der Waals surface area contributed by atoms with E-state index in [9.17, 15) is 10.1 Å². The third-order valence-electron chi connectivity index (χ3n) is 4.99. The molecular weight excluding hydrogens is 440 g/mol. The minimum absolute atomic E-state index is 0.00298. The number of benzene rings is 1. The van der Waals surface area contributed by atoms with Crippen molar-refractivity contribution in [1.29, 1.82) is 5.26 Å². The van der Waals surface area contributed by atoms with E-state index in [-0.39, 0.29) is 41.7 Å². The molecule has 0 spiro atoms. The normalized spacial score (nSPS) is 15.3. The highest BCUT2D eigenvalue weighted by molar-refractivity contribution is 6.00. The number of nitriles is 1. The van der Waals surface area contributed by atoms with Gasteiger partial charge in [0.05, 0.1) is 24.8 Å². The van der Waals surface area contributed by atoms with E-state index < -0.39 is 5.91 Å². The molecule has 12 nitrogen and oxygen atoms in total. The first-order chi connectivity index (χ1) is 16.4. The Morgan fingerprint density at radius 3 is 2.94 bits per heavy atom. The maximum absolute atomic E-state index is 12.9. The second-order valence-corrected chi connectivity index (χ2v) is 7.92. The number of hydrogen-bond donors (Lipinski definition) is 3. The third kappa shape index (κ3) is 5.28. The average Bonchev–Trinajstić information content (AvgIpc) is 3.51. The van der Waals surface area contributed by atoms with Crippen molar-refractivity contribution in [3.63, 3.8) is 0 Å². The monoisotopic (exact) mass is 464 g/mol. The lowest BCUT2D eigenvalue weighted by atomic mass is 10.1. The van der Waals surface area contributed by atoms with Gasteiger partial charge in [-0.15, -0.1) is 0 Å². The molecule has 1 aliphatic rings. The molecule has 2 aromatic heterocycles. The quantitative estimate of drug-likeness (QED) is 0.417. The van der Waals surface area contributed by atoms with Crippen molar-refractivity contribution < 1.29 is 19.1 Å². The molecule has 1 fully saturated rings. The summed E-state index contributed by atoms with van der Waals surface area (Å²) in [6, 6.07) is 8.81. The summed E-state index contributed by atoms with van der Waals surface area (Å²) >= 11 is 0. The van der Waals surface area contributed by atoms with Crippen LogP contribution in [0.25, 0.3) is 11.4 Å². The lowest BCUT2D eigenvalue weighted by molar-refractivity contribution is 0.0205. The number of aromatic nitrogens is 5. The number of nitrogens with two attached hydrogens (primary N) is 1. The number of H-pyrrole nitrogens is 1. The second kappa shape index (κ2) is 10.2. The molecule has 0 saturated carbocycles. The number of ether oxygens (including phenoxy) is 2. The Balaban J connectivity index is 1.56. The van der Waals surface area contributed by atoms with Gasteiger partial charge in [-0.05, 0) is 12.1 Å². The smallest absolute Gasteiger partial charge is 0.284 e. The molecule has 0 bridgehead atoms. The van der Waals surface area contributed by atoms with Crippen LogP contribution in [0.4, 0.5) is 5.82 Å². The minimum atomic E-state index is -0.674. The molecule has 0 unspecified atom stereocenters. The second-order valence-electron chi connectivity index (χ2n) is 7.92. The zero-order valence-electron chi connectivity index (χ0n) is 18.7. The highest BCUT2D eigenvalue weighted by atomic mass is 16.7. The van der Waals surface area contributed by atoms with Crippen molar-refractivity contribution in [1.82, 2.24) is 30.6 Å². The van der Waals surface area contributed by atoms with Gasteiger partial charge in [0.25, 0.3) is 5.91 Å². The van der Waals surface area contributed by atoms with Crippen molar-refractivity contribution >= 4 is 11.7 Å². The van der Waals surface area contributed by atoms with Crippen LogP contribution in [0.2, 0.25) is 0 Å². The largest absolute Gasteiger partial charge is 0.471 e. The van der Waals surface area contributed by atoms with Gasteiger partial charge in [0, 0.05) is 17.9 Å². The first kappa shape index (κ1) is 23.1. The summed E-state index contributed by atoms with van der Waals surface area (Å²) in [5.74, 6) is 0.723. The SMILES string of the molecule is CC(C)c1n[nH]c(CONC(=O)c2c(N)nc(-c3cccc(C#N)c3)nc2O[C@H]2CCOC2)n1. The van der Waals surface area contributed by atoms with E-state index >= 15 is 0 Å². The zero-order chi connectivity index (χ0) is 24.1. The Kier molecular flexibility index (Phi) is 6.95. The Morgan fingerprint density at radius 2 is 2.24 bits per heavy atom. The van der Waals surface area contributed by atoms with Crippen LogP contribution in [-0.2, 0) is 16.2 Å². The van der Waals surface area contributed by atoms with Gasteiger partial charge in [-0.3, -0.25) is 14.7 Å². The van der Waals surface area contributed by atoms with Crippen LogP contribution in [0.1, 0.15) is 53.8 Å². The van der Waals surface area contributed by atoms with Crippen molar-refractivity contribution in [2.24, 2.45) is 0 Å². The van der Waals surface area contributed by atoms with Gasteiger partial charge in [0.15, 0.2) is 17.5 Å². The topological polar surface area (TPSA) is 174 Å². The third-order valence-corrected chi connectivity index (χ3v) is 4.99. The summed E-state index contributed by atoms with van der Waals surface area (Å²) in [7, 11) is 0. The number of nitrogen functional groups attached to an aromatic ring is 1. The molecule has 4 rings (SSSR count). The van der Waals surface area contributed by atoms with Gasteiger partial charge < -0.3 is 15.2 Å². The van der Waals surface area contributed by atoms with Crippen LogP contribution in [0, 0.1) is 11.3 Å². The number of hydrogen-bond acceptors (Lipinski definition) is 10. The van der Waals surface area contributed by atoms with E-state index in [0.29, 0.717) is 42.4 Å². The summed E-state index contributed by atoms with van der Waals surface area (Å²) in [5, 5.41) is 16.0. The molecule has 4 N–H and O–H groups in total. The Morgan fingerprint density at radius 1 is 1.38 bits per heavy atom. The number of carbonyl (C=O) groups is 1. The van der Waals surface area contributed by atoms with Crippen molar-refractivity contribution in [3.8, 4) is 23.3 Å². The molecule has 1 saturated heterocycles. The molecule has 12 heteroatoms. The maximum atomic E-state index is 12.9. The number of nitrogens with zero attached hydrogens (tertiary/aromatic N) is 5. The Bertz CT molecular complexity index is 1210. The van der Waals surface area contributed by atoms with Crippen LogP contribution in [0.3, 0.4) is 0 Å². The molecule has 0 radical (unpaired) electrons. The van der Waals surface area contributed by atoms with Crippen molar-refractivity contribution in [2.45, 2.75) is 38.9 Å². The number of rotatable bonds is 8. The Labute approximate surface area is 195 Å². The molecule has 3 heterocycles. The van der Waals surface area contributed by atoms with Gasteiger partial charge in [0.1, 0.15) is 24.1 Å². The van der Waals surface area contributed by atoms with E-state index in [2.05, 4.69) is 36.7 Å². The number of hydroxylamine groups is 1.